The number of aliphatic carboxylic acids is 1. The molecule has 1 saturated heterocycles. The van der Waals surface area contributed by atoms with Gasteiger partial charge in [-0.05, 0) is 31.0 Å². The second kappa shape index (κ2) is 5.44. The molecule has 1 aliphatic rings. The van der Waals surface area contributed by atoms with Crippen LogP contribution in [0.5, 0.6) is 0 Å². The summed E-state index contributed by atoms with van der Waals surface area (Å²) in [6.07, 6.45) is 1.07. The minimum Gasteiger partial charge on any atom is -0.480 e. The molecule has 0 aliphatic carbocycles. The number of anilines is 1. The molecule has 1 aliphatic heterocycles. The van der Waals surface area contributed by atoms with Crippen LogP contribution in [0.15, 0.2) is 18.2 Å². The van der Waals surface area contributed by atoms with Crippen LogP contribution in [-0.4, -0.2) is 34.6 Å². The van der Waals surface area contributed by atoms with Crippen LogP contribution in [0.2, 0.25) is 5.02 Å². The summed E-state index contributed by atoms with van der Waals surface area (Å²) in [5.74, 6) is -1.68. The molecule has 5 nitrogen and oxygen atoms in total. The van der Waals surface area contributed by atoms with Gasteiger partial charge >= 0.3 is 12.0 Å². The van der Waals surface area contributed by atoms with E-state index in [-0.39, 0.29) is 10.7 Å². The van der Waals surface area contributed by atoms with Gasteiger partial charge in [0.25, 0.3) is 0 Å². The lowest BCUT2D eigenvalue weighted by Crippen LogP contribution is -2.42. The number of urea groups is 1. The van der Waals surface area contributed by atoms with E-state index in [9.17, 15) is 14.0 Å². The number of amides is 2. The number of carboxylic acid groups (broad SMARTS) is 1. The summed E-state index contributed by atoms with van der Waals surface area (Å²) >= 11 is 5.53. The Hall–Kier alpha value is -1.82. The summed E-state index contributed by atoms with van der Waals surface area (Å²) in [5.41, 5.74) is 0.239. The topological polar surface area (TPSA) is 69.6 Å². The van der Waals surface area contributed by atoms with E-state index in [1.807, 2.05) is 0 Å². The SMILES string of the molecule is O=C(O)[C@H]1CCCN1C(=O)Nc1ccc(Cl)c(F)c1. The minimum atomic E-state index is -1.03. The van der Waals surface area contributed by atoms with Crippen molar-refractivity contribution in [2.24, 2.45) is 0 Å². The lowest BCUT2D eigenvalue weighted by molar-refractivity contribution is -0.141. The van der Waals surface area contributed by atoms with Crippen LogP contribution in [0, 0.1) is 5.82 Å². The quantitative estimate of drug-likeness (QED) is 0.878. The molecule has 0 bridgehead atoms. The fraction of sp³-hybridized carbons (Fsp3) is 0.333. The predicted octanol–water partition coefficient (Wildman–Crippen LogP) is 2.56. The van der Waals surface area contributed by atoms with Crippen LogP contribution in [-0.2, 0) is 4.79 Å². The van der Waals surface area contributed by atoms with Gasteiger partial charge in [0, 0.05) is 12.2 Å². The molecule has 2 rings (SSSR count). The van der Waals surface area contributed by atoms with Crippen LogP contribution < -0.4 is 5.32 Å². The van der Waals surface area contributed by atoms with Gasteiger partial charge in [-0.25, -0.2) is 14.0 Å². The molecule has 0 saturated carbocycles. The molecule has 0 spiro atoms. The maximum atomic E-state index is 13.2. The maximum absolute atomic E-state index is 13.2. The summed E-state index contributed by atoms with van der Waals surface area (Å²) in [6.45, 7) is 0.374. The van der Waals surface area contributed by atoms with Gasteiger partial charge < -0.3 is 15.3 Å². The van der Waals surface area contributed by atoms with Crippen LogP contribution in [0.1, 0.15) is 12.8 Å². The molecule has 0 unspecified atom stereocenters. The highest BCUT2D eigenvalue weighted by molar-refractivity contribution is 6.30. The largest absolute Gasteiger partial charge is 0.480 e. The average molecular weight is 287 g/mol. The summed E-state index contributed by atoms with van der Waals surface area (Å²) in [6, 6.07) is 2.50. The molecule has 0 aromatic heterocycles. The van der Waals surface area contributed by atoms with Crippen LogP contribution in [0.3, 0.4) is 0 Å². The molecule has 1 heterocycles. The molecule has 1 atom stereocenters. The molecule has 7 heteroatoms. The molecule has 0 radical (unpaired) electrons. The first-order valence-electron chi connectivity index (χ1n) is 5.74. The monoisotopic (exact) mass is 286 g/mol. The van der Waals surface area contributed by atoms with E-state index >= 15 is 0 Å². The van der Waals surface area contributed by atoms with E-state index in [0.717, 1.165) is 6.07 Å². The van der Waals surface area contributed by atoms with Crippen molar-refractivity contribution >= 4 is 29.3 Å². The number of carbonyl (C=O) groups excluding carboxylic acids is 1. The zero-order valence-electron chi connectivity index (χ0n) is 9.90. The first-order valence-corrected chi connectivity index (χ1v) is 6.12. The number of rotatable bonds is 2. The standard InChI is InChI=1S/C12H12ClFN2O3/c13-8-4-3-7(6-9(8)14)15-12(19)16-5-1-2-10(16)11(17)18/h3-4,6,10H,1-2,5H2,(H,15,19)(H,17,18)/t10-/m1/s1. The van der Waals surface area contributed by atoms with Gasteiger partial charge in [0.2, 0.25) is 0 Å². The first-order chi connectivity index (χ1) is 8.99. The Kier molecular flexibility index (Phi) is 3.90. The number of hydrogen-bond donors (Lipinski definition) is 2. The maximum Gasteiger partial charge on any atom is 0.326 e. The Morgan fingerprint density at radius 2 is 2.21 bits per heavy atom. The van der Waals surface area contributed by atoms with Crippen molar-refractivity contribution in [3.8, 4) is 0 Å². The zero-order valence-corrected chi connectivity index (χ0v) is 10.7. The Morgan fingerprint density at radius 3 is 2.84 bits per heavy atom. The molecular formula is C12H12ClFN2O3. The number of carboxylic acids is 1. The van der Waals surface area contributed by atoms with Crippen molar-refractivity contribution in [3.05, 3.63) is 29.0 Å². The molecular weight excluding hydrogens is 275 g/mol. The number of nitrogens with one attached hydrogen (secondary N) is 1. The number of hydrogen-bond acceptors (Lipinski definition) is 2. The van der Waals surface area contributed by atoms with Gasteiger partial charge in [-0.15, -0.1) is 0 Å². The highest BCUT2D eigenvalue weighted by Gasteiger charge is 2.33. The van der Waals surface area contributed by atoms with Crippen molar-refractivity contribution in [2.45, 2.75) is 18.9 Å². The third-order valence-corrected chi connectivity index (χ3v) is 3.28. The second-order valence-corrected chi connectivity index (χ2v) is 4.66. The second-order valence-electron chi connectivity index (χ2n) is 4.25. The predicted molar refractivity (Wildman–Crippen MR) is 67.8 cm³/mol. The number of nitrogens with zero attached hydrogens (tertiary/aromatic N) is 1. The van der Waals surface area contributed by atoms with E-state index in [4.69, 9.17) is 16.7 Å². The molecule has 102 valence electrons. The van der Waals surface area contributed by atoms with Crippen LogP contribution in [0.4, 0.5) is 14.9 Å². The summed E-state index contributed by atoms with van der Waals surface area (Å²) in [4.78, 5) is 24.1. The normalized spacial score (nSPS) is 18.4. The van der Waals surface area contributed by atoms with Crippen LogP contribution in [0.25, 0.3) is 0 Å². The molecule has 1 fully saturated rings. The van der Waals surface area contributed by atoms with Crippen molar-refractivity contribution in [1.82, 2.24) is 4.90 Å². The third kappa shape index (κ3) is 2.96. The Bertz CT molecular complexity index is 524. The van der Waals surface area contributed by atoms with E-state index in [1.54, 1.807) is 0 Å². The van der Waals surface area contributed by atoms with Crippen molar-refractivity contribution < 1.29 is 19.1 Å². The Labute approximate surface area is 114 Å². The fourth-order valence-electron chi connectivity index (χ4n) is 2.04. The van der Waals surface area contributed by atoms with E-state index < -0.39 is 23.9 Å². The summed E-state index contributed by atoms with van der Waals surface area (Å²) < 4.78 is 13.2. The van der Waals surface area contributed by atoms with Gasteiger partial charge in [-0.3, -0.25) is 0 Å². The molecule has 19 heavy (non-hydrogen) atoms. The van der Waals surface area contributed by atoms with Gasteiger partial charge in [-0.2, -0.15) is 0 Å². The van der Waals surface area contributed by atoms with Crippen molar-refractivity contribution in [3.63, 3.8) is 0 Å². The van der Waals surface area contributed by atoms with Crippen LogP contribution >= 0.6 is 11.6 Å². The lowest BCUT2D eigenvalue weighted by atomic mass is 10.2. The number of likely N-dealkylation sites (tertiary alicyclic amines) is 1. The molecule has 2 amide bonds. The summed E-state index contributed by atoms with van der Waals surface area (Å²) in [7, 11) is 0. The minimum absolute atomic E-state index is 0.0393. The number of carbonyl (C=O) groups is 2. The Morgan fingerprint density at radius 1 is 1.47 bits per heavy atom. The number of halogens is 2. The van der Waals surface area contributed by atoms with Gasteiger partial charge in [0.1, 0.15) is 11.9 Å². The van der Waals surface area contributed by atoms with Crippen molar-refractivity contribution in [1.29, 1.82) is 0 Å². The lowest BCUT2D eigenvalue weighted by Gasteiger charge is -2.21. The molecule has 1 aromatic rings. The third-order valence-electron chi connectivity index (χ3n) is 2.97. The Balaban J connectivity index is 2.08. The molecule has 1 aromatic carbocycles. The van der Waals surface area contributed by atoms with Gasteiger partial charge in [0.05, 0.1) is 5.02 Å². The van der Waals surface area contributed by atoms with E-state index in [1.165, 1.54) is 17.0 Å². The van der Waals surface area contributed by atoms with Gasteiger partial charge in [0.15, 0.2) is 0 Å². The van der Waals surface area contributed by atoms with Gasteiger partial charge in [-0.1, -0.05) is 11.6 Å². The zero-order chi connectivity index (χ0) is 14.0. The first kappa shape index (κ1) is 13.6. The highest BCUT2D eigenvalue weighted by atomic mass is 35.5. The van der Waals surface area contributed by atoms with E-state index in [2.05, 4.69) is 5.32 Å². The van der Waals surface area contributed by atoms with Crippen molar-refractivity contribution in [2.75, 3.05) is 11.9 Å². The fourth-order valence-corrected chi connectivity index (χ4v) is 2.15. The number of benzene rings is 1. The smallest absolute Gasteiger partial charge is 0.326 e. The average Bonchev–Trinajstić information content (AvgIpc) is 2.83. The van der Waals surface area contributed by atoms with E-state index in [0.29, 0.717) is 19.4 Å². The molecule has 2 N–H and O–H groups in total. The highest BCUT2D eigenvalue weighted by Crippen LogP contribution is 2.21. The summed E-state index contributed by atoms with van der Waals surface area (Å²) in [5, 5.41) is 11.4.